The Labute approximate surface area is 182 Å². The fourth-order valence-electron chi connectivity index (χ4n) is 4.36. The van der Waals surface area contributed by atoms with Crippen LogP contribution in [0.4, 0.5) is 0 Å². The molecule has 1 N–H and O–H groups in total. The van der Waals surface area contributed by atoms with Gasteiger partial charge in [0.25, 0.3) is 0 Å². The minimum Gasteiger partial charge on any atom is -0.497 e. The largest absolute Gasteiger partial charge is 0.497 e. The maximum absolute atomic E-state index is 13.6. The van der Waals surface area contributed by atoms with Crippen LogP contribution < -0.4 is 10.1 Å². The summed E-state index contributed by atoms with van der Waals surface area (Å²) in [5.41, 5.74) is 2.90. The van der Waals surface area contributed by atoms with Gasteiger partial charge in [0.1, 0.15) is 11.7 Å². The van der Waals surface area contributed by atoms with Gasteiger partial charge < -0.3 is 19.5 Å². The van der Waals surface area contributed by atoms with E-state index in [1.165, 1.54) is 7.11 Å². The third kappa shape index (κ3) is 4.22. The van der Waals surface area contributed by atoms with Crippen molar-refractivity contribution in [1.82, 2.24) is 5.32 Å². The van der Waals surface area contributed by atoms with Gasteiger partial charge in [-0.2, -0.15) is 0 Å². The molecular weight excluding hydrogens is 398 g/mol. The molecule has 3 atom stereocenters. The van der Waals surface area contributed by atoms with Crippen molar-refractivity contribution in [2.75, 3.05) is 14.2 Å². The molecule has 0 fully saturated rings. The SMILES string of the molecule is COC(=O)[C@H]1C(=O)C2=C(C[C@@H]1C)NC(C)=C(C(=O)OC(C)C)[C@@H]2c1ccc(OC)cc1. The van der Waals surface area contributed by atoms with E-state index < -0.39 is 23.8 Å². The van der Waals surface area contributed by atoms with E-state index in [1.807, 2.05) is 19.1 Å². The van der Waals surface area contributed by atoms with E-state index in [0.717, 1.165) is 11.3 Å². The molecule has 1 heterocycles. The maximum Gasteiger partial charge on any atom is 0.337 e. The second kappa shape index (κ2) is 8.96. The average Bonchev–Trinajstić information content (AvgIpc) is 2.71. The number of benzene rings is 1. The number of ketones is 1. The molecule has 1 aromatic carbocycles. The summed E-state index contributed by atoms with van der Waals surface area (Å²) >= 11 is 0. The summed E-state index contributed by atoms with van der Waals surface area (Å²) in [5, 5.41) is 3.24. The van der Waals surface area contributed by atoms with Gasteiger partial charge in [0.05, 0.1) is 25.9 Å². The molecule has 7 nitrogen and oxygen atoms in total. The van der Waals surface area contributed by atoms with Crippen LogP contribution in [0.5, 0.6) is 5.75 Å². The number of carbonyl (C=O) groups excluding carboxylic acids is 3. The quantitative estimate of drug-likeness (QED) is 0.570. The predicted molar refractivity (Wildman–Crippen MR) is 114 cm³/mol. The van der Waals surface area contributed by atoms with Crippen LogP contribution in [0.25, 0.3) is 0 Å². The molecule has 0 amide bonds. The fraction of sp³-hybridized carbons (Fsp3) is 0.458. The van der Waals surface area contributed by atoms with Crippen molar-refractivity contribution < 1.29 is 28.6 Å². The molecule has 166 valence electrons. The first-order valence-electron chi connectivity index (χ1n) is 10.4. The van der Waals surface area contributed by atoms with Gasteiger partial charge in [-0.1, -0.05) is 19.1 Å². The van der Waals surface area contributed by atoms with Crippen LogP contribution in [-0.4, -0.2) is 38.0 Å². The summed E-state index contributed by atoms with van der Waals surface area (Å²) in [6.45, 7) is 7.21. The van der Waals surface area contributed by atoms with Crippen molar-refractivity contribution in [3.63, 3.8) is 0 Å². The summed E-state index contributed by atoms with van der Waals surface area (Å²) in [4.78, 5) is 39.1. The number of nitrogens with one attached hydrogen (secondary N) is 1. The molecule has 0 bridgehead atoms. The number of esters is 2. The third-order valence-electron chi connectivity index (χ3n) is 5.75. The minimum absolute atomic E-state index is 0.223. The molecule has 0 spiro atoms. The number of methoxy groups -OCH3 is 2. The fourth-order valence-corrected chi connectivity index (χ4v) is 4.36. The van der Waals surface area contributed by atoms with Gasteiger partial charge in [0.15, 0.2) is 5.78 Å². The summed E-state index contributed by atoms with van der Waals surface area (Å²) in [7, 11) is 2.85. The molecule has 2 aliphatic rings. The van der Waals surface area contributed by atoms with E-state index in [0.29, 0.717) is 29.0 Å². The Bertz CT molecular complexity index is 957. The van der Waals surface area contributed by atoms with Crippen molar-refractivity contribution >= 4 is 17.7 Å². The van der Waals surface area contributed by atoms with Gasteiger partial charge >= 0.3 is 11.9 Å². The van der Waals surface area contributed by atoms with Crippen molar-refractivity contribution in [2.24, 2.45) is 11.8 Å². The van der Waals surface area contributed by atoms with Crippen molar-refractivity contribution in [2.45, 2.75) is 46.1 Å². The summed E-state index contributed by atoms with van der Waals surface area (Å²) in [5.74, 6) is -2.50. The van der Waals surface area contributed by atoms with Crippen LogP contribution in [0.2, 0.25) is 0 Å². The minimum atomic E-state index is -0.910. The molecule has 31 heavy (non-hydrogen) atoms. The summed E-state index contributed by atoms with van der Waals surface area (Å²) in [6.07, 6.45) is 0.182. The van der Waals surface area contributed by atoms with Gasteiger partial charge in [0.2, 0.25) is 0 Å². The van der Waals surface area contributed by atoms with Crippen LogP contribution in [0, 0.1) is 11.8 Å². The number of allylic oxidation sites excluding steroid dienone is 3. The molecule has 0 radical (unpaired) electrons. The van der Waals surface area contributed by atoms with Crippen LogP contribution in [0.1, 0.15) is 45.6 Å². The summed E-state index contributed by atoms with van der Waals surface area (Å²) < 4.78 is 15.7. The van der Waals surface area contributed by atoms with Crippen LogP contribution in [0.15, 0.2) is 46.8 Å². The Morgan fingerprint density at radius 3 is 2.32 bits per heavy atom. The van der Waals surface area contributed by atoms with E-state index in [1.54, 1.807) is 40.0 Å². The Balaban J connectivity index is 2.17. The average molecular weight is 427 g/mol. The standard InChI is InChI=1S/C24H29NO6/c1-12(2)31-24(28)19-14(4)25-17-11-13(3)18(23(27)30-6)22(26)21(17)20(19)15-7-9-16(29-5)10-8-15/h7-10,12-13,18,20,25H,11H2,1-6H3/t13-,18+,20-/m0/s1. The van der Waals surface area contributed by atoms with Crippen LogP contribution >= 0.6 is 0 Å². The molecule has 0 saturated carbocycles. The normalized spacial score (nSPS) is 23.3. The third-order valence-corrected chi connectivity index (χ3v) is 5.75. The summed E-state index contributed by atoms with van der Waals surface area (Å²) in [6, 6.07) is 7.22. The van der Waals surface area contributed by atoms with Crippen molar-refractivity contribution in [3.05, 3.63) is 52.4 Å². The van der Waals surface area contributed by atoms with Gasteiger partial charge in [-0.05, 0) is 50.8 Å². The second-order valence-electron chi connectivity index (χ2n) is 8.26. The molecule has 0 aromatic heterocycles. The predicted octanol–water partition coefficient (Wildman–Crippen LogP) is 3.26. The number of ether oxygens (including phenoxy) is 3. The smallest absolute Gasteiger partial charge is 0.337 e. The van der Waals surface area contributed by atoms with E-state index >= 15 is 0 Å². The van der Waals surface area contributed by atoms with Crippen LogP contribution in [0.3, 0.4) is 0 Å². The lowest BCUT2D eigenvalue weighted by Crippen LogP contribution is -2.43. The van der Waals surface area contributed by atoms with Gasteiger partial charge in [-0.15, -0.1) is 0 Å². The molecule has 7 heteroatoms. The van der Waals surface area contributed by atoms with Crippen LogP contribution in [-0.2, 0) is 23.9 Å². The van der Waals surface area contributed by atoms with Gasteiger partial charge in [-0.25, -0.2) is 4.79 Å². The van der Waals surface area contributed by atoms with E-state index in [9.17, 15) is 14.4 Å². The highest BCUT2D eigenvalue weighted by Gasteiger charge is 2.47. The lowest BCUT2D eigenvalue weighted by molar-refractivity contribution is -0.151. The van der Waals surface area contributed by atoms with Gasteiger partial charge in [0, 0.05) is 22.9 Å². The lowest BCUT2D eigenvalue weighted by Gasteiger charge is -2.38. The molecule has 1 aromatic rings. The zero-order chi connectivity index (χ0) is 22.9. The molecule has 1 aliphatic carbocycles. The van der Waals surface area contributed by atoms with Gasteiger partial charge in [-0.3, -0.25) is 9.59 Å². The van der Waals surface area contributed by atoms with Crippen molar-refractivity contribution in [3.8, 4) is 5.75 Å². The van der Waals surface area contributed by atoms with E-state index in [2.05, 4.69) is 5.32 Å². The molecule has 3 rings (SSSR count). The Morgan fingerprint density at radius 1 is 1.13 bits per heavy atom. The number of hydrogen-bond acceptors (Lipinski definition) is 7. The molecule has 1 aliphatic heterocycles. The first-order valence-corrected chi connectivity index (χ1v) is 10.4. The van der Waals surface area contributed by atoms with Crippen molar-refractivity contribution in [1.29, 1.82) is 0 Å². The second-order valence-corrected chi connectivity index (χ2v) is 8.26. The zero-order valence-corrected chi connectivity index (χ0v) is 18.8. The van der Waals surface area contributed by atoms with E-state index in [4.69, 9.17) is 14.2 Å². The monoisotopic (exact) mass is 427 g/mol. The highest BCUT2D eigenvalue weighted by Crippen LogP contribution is 2.45. The number of rotatable bonds is 5. The number of Topliss-reactive ketones (excluding diaryl/α,β-unsaturated/α-hetero) is 1. The highest BCUT2D eigenvalue weighted by molar-refractivity contribution is 6.12. The maximum atomic E-state index is 13.6. The zero-order valence-electron chi connectivity index (χ0n) is 18.8. The number of carbonyl (C=O) groups is 3. The Morgan fingerprint density at radius 2 is 1.77 bits per heavy atom. The first-order chi connectivity index (χ1) is 14.7. The first kappa shape index (κ1) is 22.6. The molecular formula is C24H29NO6. The van der Waals surface area contributed by atoms with E-state index in [-0.39, 0.29) is 17.8 Å². The number of dihydropyridines is 1. The highest BCUT2D eigenvalue weighted by atomic mass is 16.5. The Kier molecular flexibility index (Phi) is 6.53. The molecule has 0 saturated heterocycles. The Hall–Kier alpha value is -3.09. The lowest BCUT2D eigenvalue weighted by atomic mass is 9.69. The topological polar surface area (TPSA) is 90.9 Å². The molecule has 0 unspecified atom stereocenters. The number of hydrogen-bond donors (Lipinski definition) is 1.